The van der Waals surface area contributed by atoms with E-state index < -0.39 is 6.09 Å². The summed E-state index contributed by atoms with van der Waals surface area (Å²) in [5.74, 6) is 0. The number of anilines is 2. The van der Waals surface area contributed by atoms with E-state index in [1.54, 1.807) is 17.3 Å². The molecular formula is C15H24N4O2. The van der Waals surface area contributed by atoms with Crippen LogP contribution in [-0.2, 0) is 0 Å². The van der Waals surface area contributed by atoms with Gasteiger partial charge in [-0.05, 0) is 24.3 Å². The second-order valence-electron chi connectivity index (χ2n) is 6.69. The van der Waals surface area contributed by atoms with Crippen LogP contribution in [0.4, 0.5) is 16.2 Å². The molecule has 116 valence electrons. The zero-order valence-electron chi connectivity index (χ0n) is 12.8. The van der Waals surface area contributed by atoms with Gasteiger partial charge in [-0.3, -0.25) is 4.98 Å². The standard InChI is InChI=1S/C15H24N4O2/c1-15(2,3)13-8-10(5-7-19(13)14(20)21)18-12-4-6-17-9-11(12)16/h4,6,9-10,13H,5,7-8,16H2,1-3H3,(H,17,18)(H,20,21). The van der Waals surface area contributed by atoms with Crippen molar-refractivity contribution in [3.63, 3.8) is 0 Å². The Morgan fingerprint density at radius 1 is 1.52 bits per heavy atom. The van der Waals surface area contributed by atoms with Gasteiger partial charge < -0.3 is 21.1 Å². The molecule has 0 aliphatic carbocycles. The van der Waals surface area contributed by atoms with Crippen LogP contribution in [0.1, 0.15) is 33.6 Å². The number of rotatable bonds is 2. The summed E-state index contributed by atoms with van der Waals surface area (Å²) in [7, 11) is 0. The Bertz CT molecular complexity index is 513. The molecule has 1 aromatic heterocycles. The third kappa shape index (κ3) is 3.56. The van der Waals surface area contributed by atoms with Crippen molar-refractivity contribution in [3.8, 4) is 0 Å². The summed E-state index contributed by atoms with van der Waals surface area (Å²) < 4.78 is 0. The van der Waals surface area contributed by atoms with Gasteiger partial charge in [-0.15, -0.1) is 0 Å². The van der Waals surface area contributed by atoms with Gasteiger partial charge in [0.15, 0.2) is 0 Å². The summed E-state index contributed by atoms with van der Waals surface area (Å²) in [6, 6.07) is 2.06. The molecule has 2 atom stereocenters. The van der Waals surface area contributed by atoms with Crippen LogP contribution in [-0.4, -0.2) is 39.7 Å². The summed E-state index contributed by atoms with van der Waals surface area (Å²) >= 11 is 0. The molecule has 1 saturated heterocycles. The van der Waals surface area contributed by atoms with E-state index in [1.165, 1.54) is 0 Å². The van der Waals surface area contributed by atoms with Crippen molar-refractivity contribution >= 4 is 17.5 Å². The fraction of sp³-hybridized carbons (Fsp3) is 0.600. The average Bonchev–Trinajstić information content (AvgIpc) is 2.40. The summed E-state index contributed by atoms with van der Waals surface area (Å²) in [5.41, 5.74) is 7.29. The van der Waals surface area contributed by atoms with Crippen LogP contribution < -0.4 is 11.1 Å². The second-order valence-corrected chi connectivity index (χ2v) is 6.69. The topological polar surface area (TPSA) is 91.5 Å². The number of nitrogens with one attached hydrogen (secondary N) is 1. The first-order chi connectivity index (χ1) is 9.79. The van der Waals surface area contributed by atoms with E-state index in [2.05, 4.69) is 31.1 Å². The fourth-order valence-corrected chi connectivity index (χ4v) is 2.90. The van der Waals surface area contributed by atoms with Crippen molar-refractivity contribution in [2.24, 2.45) is 5.41 Å². The highest BCUT2D eigenvalue weighted by atomic mass is 16.4. The molecule has 2 heterocycles. The second kappa shape index (κ2) is 5.79. The number of nitrogens with zero attached hydrogens (tertiary/aromatic N) is 2. The van der Waals surface area contributed by atoms with Crippen molar-refractivity contribution < 1.29 is 9.90 Å². The lowest BCUT2D eigenvalue weighted by molar-refractivity contribution is 0.0558. The number of nitrogens with two attached hydrogens (primary N) is 1. The summed E-state index contributed by atoms with van der Waals surface area (Å²) in [6.45, 7) is 6.78. The summed E-state index contributed by atoms with van der Waals surface area (Å²) in [4.78, 5) is 16.9. The normalized spacial score (nSPS) is 22.9. The quantitative estimate of drug-likeness (QED) is 0.779. The third-order valence-corrected chi connectivity index (χ3v) is 4.06. The monoisotopic (exact) mass is 292 g/mol. The van der Waals surface area contributed by atoms with E-state index in [9.17, 15) is 9.90 Å². The molecule has 2 rings (SSSR count). The highest BCUT2D eigenvalue weighted by molar-refractivity contribution is 5.66. The number of amides is 1. The first-order valence-corrected chi connectivity index (χ1v) is 7.24. The molecule has 1 fully saturated rings. The van der Waals surface area contributed by atoms with Crippen molar-refractivity contribution in [2.75, 3.05) is 17.6 Å². The Kier molecular flexibility index (Phi) is 4.25. The van der Waals surface area contributed by atoms with E-state index in [0.29, 0.717) is 12.2 Å². The van der Waals surface area contributed by atoms with Crippen molar-refractivity contribution in [2.45, 2.75) is 45.7 Å². The average molecular weight is 292 g/mol. The first-order valence-electron chi connectivity index (χ1n) is 7.24. The van der Waals surface area contributed by atoms with Gasteiger partial charge in [0.25, 0.3) is 0 Å². The van der Waals surface area contributed by atoms with Gasteiger partial charge in [0, 0.05) is 24.8 Å². The molecule has 0 saturated carbocycles. The molecule has 0 radical (unpaired) electrons. The SMILES string of the molecule is CC(C)(C)C1CC(Nc2ccncc2N)CCN1C(=O)O. The molecule has 1 amide bonds. The lowest BCUT2D eigenvalue weighted by atomic mass is 9.79. The molecular weight excluding hydrogens is 268 g/mol. The first kappa shape index (κ1) is 15.4. The van der Waals surface area contributed by atoms with Crippen molar-refractivity contribution in [1.29, 1.82) is 0 Å². The predicted octanol–water partition coefficient (Wildman–Crippen LogP) is 2.63. The zero-order chi connectivity index (χ0) is 15.6. The van der Waals surface area contributed by atoms with Gasteiger partial charge in [0.2, 0.25) is 0 Å². The maximum Gasteiger partial charge on any atom is 0.407 e. The maximum absolute atomic E-state index is 11.4. The lowest BCUT2D eigenvalue weighted by Crippen LogP contribution is -2.54. The highest BCUT2D eigenvalue weighted by Gasteiger charge is 2.38. The molecule has 21 heavy (non-hydrogen) atoms. The van der Waals surface area contributed by atoms with Crippen LogP contribution in [0.25, 0.3) is 0 Å². The summed E-state index contributed by atoms with van der Waals surface area (Å²) in [6.07, 6.45) is 4.04. The van der Waals surface area contributed by atoms with E-state index >= 15 is 0 Å². The summed E-state index contributed by atoms with van der Waals surface area (Å²) in [5, 5.41) is 12.8. The van der Waals surface area contributed by atoms with Crippen LogP contribution >= 0.6 is 0 Å². The Labute approximate surface area is 125 Å². The molecule has 1 aromatic rings. The molecule has 0 aromatic carbocycles. The minimum absolute atomic E-state index is 0.00990. The van der Waals surface area contributed by atoms with Gasteiger partial charge in [0.1, 0.15) is 0 Å². The maximum atomic E-state index is 11.4. The number of likely N-dealkylation sites (tertiary alicyclic amines) is 1. The number of pyridine rings is 1. The van der Waals surface area contributed by atoms with E-state index in [4.69, 9.17) is 5.73 Å². The number of carboxylic acid groups (broad SMARTS) is 1. The lowest BCUT2D eigenvalue weighted by Gasteiger charge is -2.45. The smallest absolute Gasteiger partial charge is 0.407 e. The van der Waals surface area contributed by atoms with Crippen LogP contribution in [0.3, 0.4) is 0 Å². The van der Waals surface area contributed by atoms with E-state index in [0.717, 1.165) is 18.5 Å². The molecule has 0 spiro atoms. The number of hydrogen-bond donors (Lipinski definition) is 3. The Morgan fingerprint density at radius 3 is 2.81 bits per heavy atom. The van der Waals surface area contributed by atoms with Crippen LogP contribution in [0.2, 0.25) is 0 Å². The van der Waals surface area contributed by atoms with Gasteiger partial charge in [0.05, 0.1) is 17.6 Å². The molecule has 4 N–H and O–H groups in total. The molecule has 1 aliphatic rings. The number of hydrogen-bond acceptors (Lipinski definition) is 4. The van der Waals surface area contributed by atoms with Gasteiger partial charge >= 0.3 is 6.09 Å². The van der Waals surface area contributed by atoms with Gasteiger partial charge in [-0.2, -0.15) is 0 Å². The number of carbonyl (C=O) groups is 1. The van der Waals surface area contributed by atoms with Crippen molar-refractivity contribution in [3.05, 3.63) is 18.5 Å². The van der Waals surface area contributed by atoms with Crippen LogP contribution in [0, 0.1) is 5.41 Å². The van der Waals surface area contributed by atoms with E-state index in [1.807, 2.05) is 6.07 Å². The van der Waals surface area contributed by atoms with Gasteiger partial charge in [-0.1, -0.05) is 20.8 Å². The Hall–Kier alpha value is -1.98. The highest BCUT2D eigenvalue weighted by Crippen LogP contribution is 2.33. The Morgan fingerprint density at radius 2 is 2.24 bits per heavy atom. The third-order valence-electron chi connectivity index (χ3n) is 4.06. The molecule has 6 heteroatoms. The minimum atomic E-state index is -0.836. The van der Waals surface area contributed by atoms with Crippen LogP contribution in [0.15, 0.2) is 18.5 Å². The molecule has 1 aliphatic heterocycles. The van der Waals surface area contributed by atoms with Crippen molar-refractivity contribution in [1.82, 2.24) is 9.88 Å². The molecule has 0 bridgehead atoms. The predicted molar refractivity (Wildman–Crippen MR) is 83.3 cm³/mol. The Balaban J connectivity index is 2.11. The minimum Gasteiger partial charge on any atom is -0.465 e. The molecule has 2 unspecified atom stereocenters. The van der Waals surface area contributed by atoms with E-state index in [-0.39, 0.29) is 17.5 Å². The number of aromatic nitrogens is 1. The number of piperidine rings is 1. The van der Waals surface area contributed by atoms with Crippen LogP contribution in [0.5, 0.6) is 0 Å². The zero-order valence-corrected chi connectivity index (χ0v) is 12.8. The van der Waals surface area contributed by atoms with Gasteiger partial charge in [-0.25, -0.2) is 4.79 Å². The fourth-order valence-electron chi connectivity index (χ4n) is 2.90. The largest absolute Gasteiger partial charge is 0.465 e. The number of nitrogen functional groups attached to an aromatic ring is 1. The molecule has 6 nitrogen and oxygen atoms in total.